The molecular formula is C69H96N2O6. The SMILES string of the molecule is CC1(CC(O)C2OC2(C)C)CCc2c[nH]c3c(Cc4cc(C5CCCCC5)cc(C5CCOCC5)c4)cn(c23)CC2C3=C1C(=O)CC3(C)C1(C)CC3(CCCC3)C3C(C)(C4CCCC4)C(=O)CC4(CCCC4)C3(C)C1C2O. The number of epoxide rings is 1. The van der Waals surface area contributed by atoms with Crippen molar-refractivity contribution in [2.75, 3.05) is 13.2 Å². The molecule has 11 unspecified atom stereocenters. The van der Waals surface area contributed by atoms with E-state index in [9.17, 15) is 10.2 Å². The number of ketones is 2. The first kappa shape index (κ1) is 52.1. The third-order valence-electron chi connectivity index (χ3n) is 26.6. The topological polar surface area (TPSA) is 117 Å². The zero-order valence-corrected chi connectivity index (χ0v) is 48.6. The van der Waals surface area contributed by atoms with Crippen molar-refractivity contribution < 1.29 is 29.3 Å². The second-order valence-electron chi connectivity index (χ2n) is 30.8. The van der Waals surface area contributed by atoms with Crippen LogP contribution in [0.2, 0.25) is 0 Å². The normalized spacial score (nSPS) is 40.1. The lowest BCUT2D eigenvalue weighted by atomic mass is 9.25. The fourth-order valence-electron chi connectivity index (χ4n) is 23.2. The number of H-pyrrole nitrogens is 1. The van der Waals surface area contributed by atoms with Crippen LogP contribution in [-0.2, 0) is 38.4 Å². The molecule has 77 heavy (non-hydrogen) atoms. The Morgan fingerprint density at radius 2 is 1.43 bits per heavy atom. The summed E-state index contributed by atoms with van der Waals surface area (Å²) in [5.41, 5.74) is 8.70. The van der Waals surface area contributed by atoms with Crippen molar-refractivity contribution in [3.63, 3.8) is 0 Å². The van der Waals surface area contributed by atoms with Crippen molar-refractivity contribution in [1.82, 2.24) is 9.55 Å². The maximum absolute atomic E-state index is 16.1. The van der Waals surface area contributed by atoms with Gasteiger partial charge in [-0.2, -0.15) is 0 Å². The molecule has 8 nitrogen and oxygen atoms in total. The Morgan fingerprint density at radius 3 is 2.10 bits per heavy atom. The minimum absolute atomic E-state index is 0.0320. The van der Waals surface area contributed by atoms with Crippen molar-refractivity contribution in [2.24, 2.45) is 61.6 Å². The molecule has 0 bridgehead atoms. The molecule has 1 aromatic carbocycles. The molecule has 8 heteroatoms. The van der Waals surface area contributed by atoms with Gasteiger partial charge in [0.1, 0.15) is 11.9 Å². The van der Waals surface area contributed by atoms with Crippen molar-refractivity contribution in [3.8, 4) is 0 Å². The summed E-state index contributed by atoms with van der Waals surface area (Å²) >= 11 is 0. The van der Waals surface area contributed by atoms with Crippen LogP contribution in [0.4, 0.5) is 0 Å². The van der Waals surface area contributed by atoms with Crippen LogP contribution < -0.4 is 0 Å². The van der Waals surface area contributed by atoms with E-state index in [-0.39, 0.29) is 45.9 Å². The largest absolute Gasteiger partial charge is 0.392 e. The predicted molar refractivity (Wildman–Crippen MR) is 304 cm³/mol. The predicted octanol–water partition coefficient (Wildman–Crippen LogP) is 14.6. The highest BCUT2D eigenvalue weighted by Gasteiger charge is 2.82. The molecule has 3 aromatic rings. The molecule has 418 valence electrons. The molecule has 14 rings (SSSR count). The third-order valence-corrected chi connectivity index (χ3v) is 26.6. The molecule has 0 radical (unpaired) electrons. The van der Waals surface area contributed by atoms with Crippen LogP contribution in [-0.4, -0.2) is 68.5 Å². The summed E-state index contributed by atoms with van der Waals surface area (Å²) in [6, 6.07) is 7.67. The quantitative estimate of drug-likeness (QED) is 0.194. The van der Waals surface area contributed by atoms with Gasteiger partial charge in [-0.3, -0.25) is 9.59 Å². The van der Waals surface area contributed by atoms with E-state index < -0.39 is 39.5 Å². The molecular weight excluding hydrogens is 953 g/mol. The van der Waals surface area contributed by atoms with Gasteiger partial charge < -0.3 is 29.2 Å². The third kappa shape index (κ3) is 7.39. The molecule has 11 aliphatic rings. The number of ether oxygens (including phenoxy) is 2. The number of carbonyl (C=O) groups is 2. The number of aliphatic hydroxyl groups is 2. The number of nitrogens with zero attached hydrogens (tertiary/aromatic N) is 1. The lowest BCUT2D eigenvalue weighted by molar-refractivity contribution is -0.303. The summed E-state index contributed by atoms with van der Waals surface area (Å²) in [6.07, 6.45) is 30.4. The molecule has 8 aliphatic carbocycles. The van der Waals surface area contributed by atoms with Crippen molar-refractivity contribution in [1.29, 1.82) is 0 Å². The zero-order valence-electron chi connectivity index (χ0n) is 48.6. The standard InChI is InChI=1S/C69H96N2O6/c1-62(2)60(77-62)52(73)35-63(3)28-21-45-38-70-56-48(33-42-31-46(43-17-9-8-10-18-43)34-47(32-42)44-22-29-76-30-23-44)39-71(57(45)56)40-50-54-55(63)51(72)36-64(54,4)65(5)41-68(24-13-14-25-68)61-66(6,49-19-11-12-20-49)53(74)37-69(26-15-16-27-69)67(61,7)59(65)58(50)75/h31-32,34,38-39,43-44,49-50,52,58-61,70,73,75H,8-30,33,35-37,40-41H2,1-7H3. The first-order valence-electron chi connectivity index (χ1n) is 32.0. The van der Waals surface area contributed by atoms with Gasteiger partial charge in [-0.25, -0.2) is 0 Å². The van der Waals surface area contributed by atoms with E-state index >= 15 is 9.59 Å². The van der Waals surface area contributed by atoms with E-state index in [0.717, 1.165) is 109 Å². The van der Waals surface area contributed by atoms with Crippen LogP contribution in [0.3, 0.4) is 0 Å². The summed E-state index contributed by atoms with van der Waals surface area (Å²) < 4.78 is 14.7. The monoisotopic (exact) mass is 1050 g/mol. The molecule has 0 amide bonds. The number of hydrogen-bond donors (Lipinski definition) is 3. The van der Waals surface area contributed by atoms with Gasteiger partial charge in [-0.05, 0) is 194 Å². The Hall–Kier alpha value is -3.04. The highest BCUT2D eigenvalue weighted by Crippen LogP contribution is 2.85. The van der Waals surface area contributed by atoms with Gasteiger partial charge >= 0.3 is 0 Å². The Labute approximate surface area is 461 Å². The molecule has 2 saturated heterocycles. The highest BCUT2D eigenvalue weighted by atomic mass is 16.6. The second kappa shape index (κ2) is 18.0. The number of aromatic nitrogens is 2. The number of Topliss-reactive ketones (excluding diaryl/α,β-unsaturated/α-hetero) is 2. The Balaban J connectivity index is 0.954. The molecule has 11 atom stereocenters. The number of carbonyl (C=O) groups excluding carboxylic acids is 2. The fraction of sp³-hybridized carbons (Fsp3) is 0.768. The van der Waals surface area contributed by atoms with E-state index in [1.165, 1.54) is 102 Å². The van der Waals surface area contributed by atoms with Gasteiger partial charge in [0, 0.05) is 73.7 Å². The Bertz CT molecular complexity index is 2840. The zero-order chi connectivity index (χ0) is 53.3. The first-order chi connectivity index (χ1) is 36.8. The van der Waals surface area contributed by atoms with Gasteiger partial charge in [-0.15, -0.1) is 0 Å². The molecule has 2 aromatic heterocycles. The lowest BCUT2D eigenvalue weighted by Crippen LogP contribution is -2.76. The van der Waals surface area contributed by atoms with Gasteiger partial charge in [0.2, 0.25) is 0 Å². The average Bonchev–Trinajstić information content (AvgIpc) is 2.98. The van der Waals surface area contributed by atoms with Crippen molar-refractivity contribution >= 4 is 22.6 Å². The summed E-state index contributed by atoms with van der Waals surface area (Å²) in [5.74, 6) is 2.13. The van der Waals surface area contributed by atoms with Crippen LogP contribution in [0.1, 0.15) is 242 Å². The van der Waals surface area contributed by atoms with Gasteiger partial charge in [0.15, 0.2) is 5.78 Å². The van der Waals surface area contributed by atoms with E-state index in [2.05, 4.69) is 88.6 Å². The first-order valence-corrected chi connectivity index (χ1v) is 32.0. The van der Waals surface area contributed by atoms with Crippen LogP contribution in [0.25, 0.3) is 11.0 Å². The molecule has 2 spiro atoms. The Morgan fingerprint density at radius 1 is 0.779 bits per heavy atom. The summed E-state index contributed by atoms with van der Waals surface area (Å²) in [5, 5.41) is 27.0. The molecule has 3 aliphatic heterocycles. The maximum atomic E-state index is 16.1. The molecule has 7 saturated carbocycles. The van der Waals surface area contributed by atoms with E-state index in [1.807, 2.05) is 0 Å². The minimum Gasteiger partial charge on any atom is -0.392 e. The Kier molecular flexibility index (Phi) is 12.2. The van der Waals surface area contributed by atoms with Crippen LogP contribution in [0.5, 0.6) is 0 Å². The number of aromatic amines is 1. The van der Waals surface area contributed by atoms with Gasteiger partial charge in [0.05, 0.1) is 28.8 Å². The second-order valence-corrected chi connectivity index (χ2v) is 30.8. The molecule has 9 fully saturated rings. The van der Waals surface area contributed by atoms with Crippen LogP contribution in [0.15, 0.2) is 41.7 Å². The lowest BCUT2D eigenvalue weighted by Gasteiger charge is -2.78. The van der Waals surface area contributed by atoms with Crippen molar-refractivity contribution in [2.45, 2.75) is 258 Å². The highest BCUT2D eigenvalue weighted by molar-refractivity contribution is 6.02. The van der Waals surface area contributed by atoms with Crippen LogP contribution in [0, 0.1) is 61.6 Å². The van der Waals surface area contributed by atoms with Crippen molar-refractivity contribution in [3.05, 3.63) is 69.6 Å². The van der Waals surface area contributed by atoms with Crippen LogP contribution >= 0.6 is 0 Å². The number of fused-ring (bicyclic) bond motifs is 6. The summed E-state index contributed by atoms with van der Waals surface area (Å²) in [7, 11) is 0. The summed E-state index contributed by atoms with van der Waals surface area (Å²) in [6.45, 7) is 19.0. The fourth-order valence-corrected chi connectivity index (χ4v) is 23.2. The van der Waals surface area contributed by atoms with E-state index in [1.54, 1.807) is 0 Å². The van der Waals surface area contributed by atoms with Gasteiger partial charge in [-0.1, -0.05) is 111 Å². The molecule has 5 heterocycles. The smallest absolute Gasteiger partial charge is 0.160 e. The number of rotatable bonds is 8. The average molecular weight is 1050 g/mol. The number of aryl methyl sites for hydroxylation is 1. The maximum Gasteiger partial charge on any atom is 0.160 e. The van der Waals surface area contributed by atoms with E-state index in [4.69, 9.17) is 9.47 Å². The summed E-state index contributed by atoms with van der Waals surface area (Å²) in [4.78, 5) is 35.7. The number of nitrogens with one attached hydrogen (secondary N) is 1. The number of hydrogen-bond acceptors (Lipinski definition) is 6. The number of benzene rings is 1. The molecule has 3 N–H and O–H groups in total. The number of allylic oxidation sites excluding steroid dienone is 1. The number of aliphatic hydroxyl groups excluding tert-OH is 2. The van der Waals surface area contributed by atoms with E-state index in [0.29, 0.717) is 49.3 Å². The minimum atomic E-state index is -0.718. The van der Waals surface area contributed by atoms with Gasteiger partial charge in [0.25, 0.3) is 0 Å².